The maximum absolute atomic E-state index is 12.1. The van der Waals surface area contributed by atoms with E-state index >= 15 is 0 Å². The van der Waals surface area contributed by atoms with Crippen LogP contribution in [0.3, 0.4) is 0 Å². The van der Waals surface area contributed by atoms with Gasteiger partial charge in [0.1, 0.15) is 0 Å². The Bertz CT molecular complexity index is 695. The number of carbonyl (C=O) groups is 1. The first-order chi connectivity index (χ1) is 11.6. The molecule has 0 saturated carbocycles. The van der Waals surface area contributed by atoms with E-state index in [1.54, 1.807) is 4.90 Å². The van der Waals surface area contributed by atoms with Gasteiger partial charge in [-0.25, -0.2) is 13.2 Å². The smallest absolute Gasteiger partial charge is 0.317 e. The molecule has 142 valence electrons. The molecule has 1 aliphatic heterocycles. The lowest BCUT2D eigenvalue weighted by Crippen LogP contribution is -2.64. The van der Waals surface area contributed by atoms with Crippen molar-refractivity contribution in [1.29, 1.82) is 0 Å². The standard InChI is InChI=1S/C15H27N5O4S/c1-10(2)14-17-13(18-24-14)6-7-20(25(5,22)23)12-8-19(9-12)15(21)16-11(3)4/h10-12H,6-9H2,1-5H3,(H,16,21). The summed E-state index contributed by atoms with van der Waals surface area (Å²) >= 11 is 0. The summed E-state index contributed by atoms with van der Waals surface area (Å²) in [5, 5.41) is 6.69. The molecular formula is C15H27N5O4S. The molecule has 0 bridgehead atoms. The third-order valence-corrected chi connectivity index (χ3v) is 5.26. The molecule has 0 aromatic carbocycles. The third-order valence-electron chi connectivity index (χ3n) is 3.93. The van der Waals surface area contributed by atoms with Crippen molar-refractivity contribution in [2.75, 3.05) is 25.9 Å². The van der Waals surface area contributed by atoms with Gasteiger partial charge in [0.25, 0.3) is 0 Å². The number of sulfonamides is 1. The molecule has 0 aliphatic carbocycles. The number of hydrogen-bond acceptors (Lipinski definition) is 6. The van der Waals surface area contributed by atoms with Gasteiger partial charge in [0.05, 0.1) is 12.3 Å². The van der Waals surface area contributed by atoms with Crippen LogP contribution in [0.1, 0.15) is 45.3 Å². The lowest BCUT2D eigenvalue weighted by molar-refractivity contribution is 0.100. The number of aromatic nitrogens is 2. The van der Waals surface area contributed by atoms with Gasteiger partial charge < -0.3 is 14.7 Å². The largest absolute Gasteiger partial charge is 0.339 e. The van der Waals surface area contributed by atoms with Crippen LogP contribution in [-0.2, 0) is 16.4 Å². The van der Waals surface area contributed by atoms with Gasteiger partial charge >= 0.3 is 6.03 Å². The molecule has 0 radical (unpaired) electrons. The number of hydrogen-bond donors (Lipinski definition) is 1. The Morgan fingerprint density at radius 2 is 2.00 bits per heavy atom. The lowest BCUT2D eigenvalue weighted by Gasteiger charge is -2.44. The first-order valence-corrected chi connectivity index (χ1v) is 10.3. The summed E-state index contributed by atoms with van der Waals surface area (Å²) in [6.45, 7) is 8.70. The zero-order valence-electron chi connectivity index (χ0n) is 15.4. The molecule has 1 aromatic rings. The van der Waals surface area contributed by atoms with E-state index < -0.39 is 10.0 Å². The Labute approximate surface area is 148 Å². The van der Waals surface area contributed by atoms with Gasteiger partial charge in [0, 0.05) is 38.0 Å². The van der Waals surface area contributed by atoms with Gasteiger partial charge in [-0.2, -0.15) is 9.29 Å². The van der Waals surface area contributed by atoms with E-state index in [1.807, 2.05) is 27.7 Å². The van der Waals surface area contributed by atoms with Gasteiger partial charge in [-0.15, -0.1) is 0 Å². The zero-order valence-corrected chi connectivity index (χ0v) is 16.2. The van der Waals surface area contributed by atoms with Crippen LogP contribution < -0.4 is 5.32 Å². The van der Waals surface area contributed by atoms with E-state index in [2.05, 4.69) is 15.5 Å². The minimum atomic E-state index is -3.39. The Balaban J connectivity index is 1.93. The Hall–Kier alpha value is -1.68. The summed E-state index contributed by atoms with van der Waals surface area (Å²) < 4.78 is 30.7. The molecule has 1 aliphatic rings. The molecule has 0 unspecified atom stereocenters. The van der Waals surface area contributed by atoms with E-state index in [4.69, 9.17) is 4.52 Å². The van der Waals surface area contributed by atoms with E-state index in [9.17, 15) is 13.2 Å². The fourth-order valence-electron chi connectivity index (χ4n) is 2.57. The molecular weight excluding hydrogens is 346 g/mol. The minimum absolute atomic E-state index is 0.0472. The molecule has 0 atom stereocenters. The molecule has 1 fully saturated rings. The summed E-state index contributed by atoms with van der Waals surface area (Å²) in [6.07, 6.45) is 1.55. The van der Waals surface area contributed by atoms with Gasteiger partial charge in [-0.1, -0.05) is 19.0 Å². The van der Waals surface area contributed by atoms with E-state index in [0.29, 0.717) is 31.2 Å². The number of likely N-dealkylation sites (tertiary alicyclic amines) is 1. The van der Waals surface area contributed by atoms with E-state index in [-0.39, 0.29) is 30.6 Å². The maximum Gasteiger partial charge on any atom is 0.317 e. The van der Waals surface area contributed by atoms with E-state index in [0.717, 1.165) is 0 Å². The molecule has 1 N–H and O–H groups in total. The summed E-state index contributed by atoms with van der Waals surface area (Å²) in [5.74, 6) is 1.17. The maximum atomic E-state index is 12.1. The topological polar surface area (TPSA) is 109 Å². The lowest BCUT2D eigenvalue weighted by atomic mass is 10.1. The highest BCUT2D eigenvalue weighted by atomic mass is 32.2. The first-order valence-electron chi connectivity index (χ1n) is 8.42. The van der Waals surface area contributed by atoms with Gasteiger partial charge in [-0.3, -0.25) is 0 Å². The van der Waals surface area contributed by atoms with Crippen molar-refractivity contribution in [2.24, 2.45) is 0 Å². The highest BCUT2D eigenvalue weighted by Gasteiger charge is 2.38. The molecule has 2 heterocycles. The highest BCUT2D eigenvalue weighted by Crippen LogP contribution is 2.19. The summed E-state index contributed by atoms with van der Waals surface area (Å²) in [5.41, 5.74) is 0. The summed E-state index contributed by atoms with van der Waals surface area (Å²) in [6, 6.07) is -0.338. The van der Waals surface area contributed by atoms with Gasteiger partial charge in [0.2, 0.25) is 15.9 Å². The molecule has 2 rings (SSSR count). The van der Waals surface area contributed by atoms with Crippen molar-refractivity contribution < 1.29 is 17.7 Å². The molecule has 25 heavy (non-hydrogen) atoms. The summed E-state index contributed by atoms with van der Waals surface area (Å²) in [7, 11) is -3.39. The molecule has 0 spiro atoms. The second kappa shape index (κ2) is 7.69. The van der Waals surface area contributed by atoms with Crippen molar-refractivity contribution in [2.45, 2.75) is 52.1 Å². The van der Waals surface area contributed by atoms with Crippen LogP contribution in [-0.4, -0.2) is 71.8 Å². The van der Waals surface area contributed by atoms with Crippen molar-refractivity contribution in [1.82, 2.24) is 24.7 Å². The van der Waals surface area contributed by atoms with Crippen LogP contribution >= 0.6 is 0 Å². The quantitative estimate of drug-likeness (QED) is 0.757. The second-order valence-electron chi connectivity index (χ2n) is 6.99. The predicted molar refractivity (Wildman–Crippen MR) is 92.7 cm³/mol. The monoisotopic (exact) mass is 373 g/mol. The van der Waals surface area contributed by atoms with Crippen LogP contribution in [0, 0.1) is 0 Å². The van der Waals surface area contributed by atoms with Crippen molar-refractivity contribution in [3.8, 4) is 0 Å². The number of nitrogens with one attached hydrogen (secondary N) is 1. The minimum Gasteiger partial charge on any atom is -0.339 e. The van der Waals surface area contributed by atoms with Crippen LogP contribution in [0.15, 0.2) is 4.52 Å². The van der Waals surface area contributed by atoms with Crippen molar-refractivity contribution in [3.63, 3.8) is 0 Å². The molecule has 1 saturated heterocycles. The Kier molecular flexibility index (Phi) is 6.04. The third kappa shape index (κ3) is 5.15. The highest BCUT2D eigenvalue weighted by molar-refractivity contribution is 7.88. The van der Waals surface area contributed by atoms with Gasteiger partial charge in [-0.05, 0) is 13.8 Å². The van der Waals surface area contributed by atoms with Crippen LogP contribution in [0.4, 0.5) is 4.79 Å². The number of amides is 2. The van der Waals surface area contributed by atoms with Crippen molar-refractivity contribution in [3.05, 3.63) is 11.7 Å². The number of nitrogens with zero attached hydrogens (tertiary/aromatic N) is 4. The number of urea groups is 1. The molecule has 2 amide bonds. The van der Waals surface area contributed by atoms with Crippen LogP contribution in [0.25, 0.3) is 0 Å². The number of carbonyl (C=O) groups excluding carboxylic acids is 1. The van der Waals surface area contributed by atoms with Crippen LogP contribution in [0.5, 0.6) is 0 Å². The second-order valence-corrected chi connectivity index (χ2v) is 8.93. The fraction of sp³-hybridized carbons (Fsp3) is 0.800. The van der Waals surface area contributed by atoms with Crippen LogP contribution in [0.2, 0.25) is 0 Å². The average Bonchev–Trinajstić information content (AvgIpc) is 2.87. The first kappa shape index (κ1) is 19.6. The fourth-order valence-corrected chi connectivity index (χ4v) is 3.67. The summed E-state index contributed by atoms with van der Waals surface area (Å²) in [4.78, 5) is 17.8. The molecule has 10 heteroatoms. The SMILES string of the molecule is CC(C)NC(=O)N1CC(N(CCc2noc(C(C)C)n2)S(C)(=O)=O)C1. The normalized spacial score (nSPS) is 15.9. The zero-order chi connectivity index (χ0) is 18.8. The van der Waals surface area contributed by atoms with Crippen molar-refractivity contribution >= 4 is 16.1 Å². The van der Waals surface area contributed by atoms with Gasteiger partial charge in [0.15, 0.2) is 5.82 Å². The molecule has 9 nitrogen and oxygen atoms in total. The molecule has 1 aromatic heterocycles. The average molecular weight is 373 g/mol. The Morgan fingerprint density at radius 3 is 2.48 bits per heavy atom. The van der Waals surface area contributed by atoms with E-state index in [1.165, 1.54) is 10.6 Å². The number of rotatable bonds is 7. The Morgan fingerprint density at radius 1 is 1.36 bits per heavy atom. The predicted octanol–water partition coefficient (Wildman–Crippen LogP) is 0.799.